The van der Waals surface area contributed by atoms with Crippen LogP contribution in [-0.4, -0.2) is 40.5 Å². The Morgan fingerprint density at radius 2 is 1.74 bits per heavy atom. The Hall–Kier alpha value is -2.40. The number of halogens is 1. The van der Waals surface area contributed by atoms with Crippen molar-refractivity contribution in [1.82, 2.24) is 14.3 Å². The van der Waals surface area contributed by atoms with Gasteiger partial charge in [-0.3, -0.25) is 4.90 Å². The van der Waals surface area contributed by atoms with Crippen LogP contribution in [0.2, 0.25) is 0 Å². The van der Waals surface area contributed by atoms with Gasteiger partial charge < -0.3 is 9.30 Å². The van der Waals surface area contributed by atoms with Gasteiger partial charge in [-0.05, 0) is 36.4 Å². The minimum Gasteiger partial charge on any atom is -0.369 e. The molecule has 0 saturated carbocycles. The van der Waals surface area contributed by atoms with E-state index >= 15 is 0 Å². The van der Waals surface area contributed by atoms with Gasteiger partial charge in [-0.1, -0.05) is 6.07 Å². The highest BCUT2D eigenvalue weighted by Gasteiger charge is 2.18. The zero-order chi connectivity index (χ0) is 15.6. The Labute approximate surface area is 134 Å². The highest BCUT2D eigenvalue weighted by atomic mass is 19.1. The molecular formula is C18H19FN4. The van der Waals surface area contributed by atoms with Crippen LogP contribution in [-0.2, 0) is 6.54 Å². The lowest BCUT2D eigenvalue weighted by Crippen LogP contribution is -2.46. The van der Waals surface area contributed by atoms with Gasteiger partial charge in [0.2, 0.25) is 0 Å². The Morgan fingerprint density at radius 1 is 0.957 bits per heavy atom. The quantitative estimate of drug-likeness (QED) is 0.743. The van der Waals surface area contributed by atoms with E-state index in [0.717, 1.165) is 44.1 Å². The van der Waals surface area contributed by atoms with Crippen LogP contribution < -0.4 is 4.90 Å². The second-order valence-corrected chi connectivity index (χ2v) is 5.92. The Balaban J connectivity index is 1.41. The van der Waals surface area contributed by atoms with Crippen molar-refractivity contribution in [3.8, 4) is 0 Å². The van der Waals surface area contributed by atoms with Gasteiger partial charge in [0, 0.05) is 44.6 Å². The molecule has 3 heterocycles. The zero-order valence-electron chi connectivity index (χ0n) is 12.9. The molecule has 118 valence electrons. The zero-order valence-corrected chi connectivity index (χ0v) is 12.9. The lowest BCUT2D eigenvalue weighted by molar-refractivity contribution is 0.246. The maximum Gasteiger partial charge on any atom is 0.136 e. The van der Waals surface area contributed by atoms with Crippen molar-refractivity contribution in [3.63, 3.8) is 0 Å². The summed E-state index contributed by atoms with van der Waals surface area (Å²) in [7, 11) is 0. The van der Waals surface area contributed by atoms with E-state index in [9.17, 15) is 4.39 Å². The van der Waals surface area contributed by atoms with E-state index in [0.29, 0.717) is 0 Å². The normalized spacial score (nSPS) is 16.1. The molecule has 1 aliphatic heterocycles. The molecule has 2 aromatic heterocycles. The average molecular weight is 310 g/mol. The fourth-order valence-electron chi connectivity index (χ4n) is 3.15. The van der Waals surface area contributed by atoms with Crippen molar-refractivity contribution in [3.05, 3.63) is 66.4 Å². The third-order valence-corrected chi connectivity index (χ3v) is 4.44. The molecule has 0 N–H and O–H groups in total. The summed E-state index contributed by atoms with van der Waals surface area (Å²) < 4.78 is 15.2. The summed E-state index contributed by atoms with van der Waals surface area (Å²) in [6, 6.07) is 12.8. The third-order valence-electron chi connectivity index (χ3n) is 4.44. The number of pyridine rings is 1. The number of piperazine rings is 1. The standard InChI is InChI=1S/C18H19FN4/c19-15-4-6-16(7-5-15)22-11-9-21(10-12-22)14-17-13-20-18-3-1-2-8-23(17)18/h1-8,13H,9-12,14H2. The number of hydrogen-bond acceptors (Lipinski definition) is 3. The minimum absolute atomic E-state index is 0.181. The van der Waals surface area contributed by atoms with Crippen molar-refractivity contribution in [2.45, 2.75) is 6.54 Å². The first kappa shape index (κ1) is 14.2. The van der Waals surface area contributed by atoms with E-state index < -0.39 is 0 Å². The summed E-state index contributed by atoms with van der Waals surface area (Å²) in [5.74, 6) is -0.181. The number of hydrogen-bond donors (Lipinski definition) is 0. The van der Waals surface area contributed by atoms with E-state index in [1.807, 2.05) is 36.5 Å². The maximum absolute atomic E-state index is 13.0. The van der Waals surface area contributed by atoms with Crippen LogP contribution >= 0.6 is 0 Å². The molecule has 4 rings (SSSR count). The molecule has 0 atom stereocenters. The monoisotopic (exact) mass is 310 g/mol. The minimum atomic E-state index is -0.181. The lowest BCUT2D eigenvalue weighted by atomic mass is 10.2. The SMILES string of the molecule is Fc1ccc(N2CCN(Cc3cnc4ccccn34)CC2)cc1. The number of rotatable bonds is 3. The Bertz CT molecular complexity index is 788. The average Bonchev–Trinajstić information content (AvgIpc) is 3.00. The van der Waals surface area contributed by atoms with Crippen molar-refractivity contribution >= 4 is 11.3 Å². The van der Waals surface area contributed by atoms with Crippen LogP contribution in [0, 0.1) is 5.82 Å². The molecule has 0 amide bonds. The molecule has 1 aromatic carbocycles. The third kappa shape index (κ3) is 2.92. The molecular weight excluding hydrogens is 291 g/mol. The molecule has 1 fully saturated rings. The molecule has 0 radical (unpaired) electrons. The number of fused-ring (bicyclic) bond motifs is 1. The van der Waals surface area contributed by atoms with Crippen LogP contribution in [0.1, 0.15) is 5.69 Å². The predicted octanol–water partition coefficient (Wildman–Crippen LogP) is 2.80. The van der Waals surface area contributed by atoms with E-state index in [4.69, 9.17) is 0 Å². The van der Waals surface area contributed by atoms with Gasteiger partial charge in [0.1, 0.15) is 11.5 Å². The molecule has 4 nitrogen and oxygen atoms in total. The molecule has 1 aliphatic rings. The lowest BCUT2D eigenvalue weighted by Gasteiger charge is -2.36. The fraction of sp³-hybridized carbons (Fsp3) is 0.278. The molecule has 3 aromatic rings. The molecule has 0 aliphatic carbocycles. The number of anilines is 1. The number of imidazole rings is 1. The van der Waals surface area contributed by atoms with Crippen molar-refractivity contribution in [2.24, 2.45) is 0 Å². The van der Waals surface area contributed by atoms with Gasteiger partial charge in [0.15, 0.2) is 0 Å². The summed E-state index contributed by atoms with van der Waals surface area (Å²) in [4.78, 5) is 9.20. The maximum atomic E-state index is 13.0. The predicted molar refractivity (Wildman–Crippen MR) is 89.1 cm³/mol. The van der Waals surface area contributed by atoms with Crippen molar-refractivity contribution in [1.29, 1.82) is 0 Å². The Morgan fingerprint density at radius 3 is 2.52 bits per heavy atom. The molecule has 23 heavy (non-hydrogen) atoms. The number of benzene rings is 1. The molecule has 0 spiro atoms. The topological polar surface area (TPSA) is 23.8 Å². The van der Waals surface area contributed by atoms with Crippen LogP contribution in [0.5, 0.6) is 0 Å². The largest absolute Gasteiger partial charge is 0.369 e. The first-order valence-electron chi connectivity index (χ1n) is 7.93. The molecule has 0 unspecified atom stereocenters. The van der Waals surface area contributed by atoms with Gasteiger partial charge in [0.25, 0.3) is 0 Å². The summed E-state index contributed by atoms with van der Waals surface area (Å²) >= 11 is 0. The van der Waals surface area contributed by atoms with E-state index in [2.05, 4.69) is 25.4 Å². The Kier molecular flexibility index (Phi) is 3.71. The van der Waals surface area contributed by atoms with Crippen molar-refractivity contribution in [2.75, 3.05) is 31.1 Å². The highest BCUT2D eigenvalue weighted by molar-refractivity contribution is 5.46. The van der Waals surface area contributed by atoms with Gasteiger partial charge in [-0.2, -0.15) is 0 Å². The summed E-state index contributed by atoms with van der Waals surface area (Å²) in [5, 5.41) is 0. The van der Waals surface area contributed by atoms with E-state index in [1.165, 1.54) is 17.8 Å². The molecule has 5 heteroatoms. The molecule has 0 bridgehead atoms. The van der Waals surface area contributed by atoms with Gasteiger partial charge in [0.05, 0.1) is 11.9 Å². The first-order chi connectivity index (χ1) is 11.3. The second kappa shape index (κ2) is 6.01. The summed E-state index contributed by atoms with van der Waals surface area (Å²) in [6.07, 6.45) is 4.02. The first-order valence-corrected chi connectivity index (χ1v) is 7.93. The van der Waals surface area contributed by atoms with Gasteiger partial charge >= 0.3 is 0 Å². The van der Waals surface area contributed by atoms with Gasteiger partial charge in [-0.15, -0.1) is 0 Å². The van der Waals surface area contributed by atoms with Crippen molar-refractivity contribution < 1.29 is 4.39 Å². The number of nitrogens with zero attached hydrogens (tertiary/aromatic N) is 4. The van der Waals surface area contributed by atoms with Crippen LogP contribution in [0.15, 0.2) is 54.9 Å². The smallest absolute Gasteiger partial charge is 0.136 e. The summed E-state index contributed by atoms with van der Waals surface area (Å²) in [5.41, 5.74) is 3.31. The van der Waals surface area contributed by atoms with Crippen LogP contribution in [0.25, 0.3) is 5.65 Å². The number of aromatic nitrogens is 2. The van der Waals surface area contributed by atoms with E-state index in [-0.39, 0.29) is 5.82 Å². The fourth-order valence-corrected chi connectivity index (χ4v) is 3.15. The highest BCUT2D eigenvalue weighted by Crippen LogP contribution is 2.18. The van der Waals surface area contributed by atoms with Crippen LogP contribution in [0.3, 0.4) is 0 Å². The summed E-state index contributed by atoms with van der Waals surface area (Å²) in [6.45, 7) is 4.82. The van der Waals surface area contributed by atoms with Crippen LogP contribution in [0.4, 0.5) is 10.1 Å². The van der Waals surface area contributed by atoms with Gasteiger partial charge in [-0.25, -0.2) is 9.37 Å². The van der Waals surface area contributed by atoms with E-state index in [1.54, 1.807) is 0 Å². The molecule has 1 saturated heterocycles. The second-order valence-electron chi connectivity index (χ2n) is 5.92.